The number of carbonyl (C=O) groups excluding carboxylic acids is 4. The van der Waals surface area contributed by atoms with Gasteiger partial charge in [0.1, 0.15) is 31.0 Å². The van der Waals surface area contributed by atoms with Crippen LogP contribution in [0.25, 0.3) is 0 Å². The fourth-order valence-electron chi connectivity index (χ4n) is 10.4. The molecule has 0 aliphatic carbocycles. The van der Waals surface area contributed by atoms with E-state index in [1.807, 2.05) is 0 Å². The molecule has 0 radical (unpaired) electrons. The fraction of sp³-hybridized carbons (Fsp3) is 0.939. The average molecular weight is 1220 g/mol. The van der Waals surface area contributed by atoms with Crippen molar-refractivity contribution < 1.29 is 77.1 Å². The lowest BCUT2D eigenvalue weighted by molar-refractivity contribution is -0.222. The van der Waals surface area contributed by atoms with Crippen LogP contribution in [-0.4, -0.2) is 118 Å². The summed E-state index contributed by atoms with van der Waals surface area (Å²) in [5.74, 6) is -2.98. The Balaban J connectivity index is 6.63. The Morgan fingerprint density at radius 1 is 0.464 bits per heavy atom. The summed E-state index contributed by atoms with van der Waals surface area (Å²) in [7, 11) is -5.10. The first-order valence-electron chi connectivity index (χ1n) is 34.3. The Labute approximate surface area is 511 Å². The number of nitrogens with one attached hydrogen (secondary N) is 1. The Kier molecular flexibility index (Phi) is 55.7. The summed E-state index contributed by atoms with van der Waals surface area (Å²) in [5, 5.41) is 34.0. The molecule has 0 aromatic heterocycles. The topological polar surface area (TPSA) is 254 Å². The second kappa shape index (κ2) is 57.2. The van der Waals surface area contributed by atoms with Gasteiger partial charge in [0.05, 0.1) is 44.9 Å². The minimum absolute atomic E-state index is 0.218. The van der Waals surface area contributed by atoms with Crippen LogP contribution in [0.1, 0.15) is 324 Å². The van der Waals surface area contributed by atoms with Gasteiger partial charge in [-0.3, -0.25) is 23.7 Å². The lowest BCUT2D eigenvalue weighted by Gasteiger charge is -2.34. The van der Waals surface area contributed by atoms with E-state index in [2.05, 4.69) is 33.0 Å². The number of rotatable bonds is 63. The summed E-state index contributed by atoms with van der Waals surface area (Å²) < 4.78 is 47.0. The van der Waals surface area contributed by atoms with Gasteiger partial charge >= 0.3 is 25.7 Å². The summed E-state index contributed by atoms with van der Waals surface area (Å²) in [6, 6.07) is -1.38. The highest BCUT2D eigenvalue weighted by atomic mass is 31.2. The van der Waals surface area contributed by atoms with E-state index in [0.717, 1.165) is 103 Å². The van der Waals surface area contributed by atoms with Gasteiger partial charge in [0.15, 0.2) is 6.29 Å². The highest BCUT2D eigenvalue weighted by Crippen LogP contribution is 2.38. The Morgan fingerprint density at radius 2 is 0.821 bits per heavy atom. The number of phosphoric ester groups is 1. The highest BCUT2D eigenvalue weighted by molar-refractivity contribution is 7.46. The normalized spacial score (nSPS) is 14.8. The van der Waals surface area contributed by atoms with E-state index in [9.17, 15) is 48.8 Å². The van der Waals surface area contributed by atoms with Crippen LogP contribution in [0.15, 0.2) is 0 Å². The minimum atomic E-state index is -5.10. The van der Waals surface area contributed by atoms with Crippen molar-refractivity contribution >= 4 is 31.6 Å². The molecule has 0 aliphatic heterocycles. The van der Waals surface area contributed by atoms with Crippen molar-refractivity contribution in [2.45, 2.75) is 367 Å². The number of carbonyl (C=O) groups is 4. The molecule has 0 aliphatic rings. The van der Waals surface area contributed by atoms with Gasteiger partial charge < -0.3 is 54.1 Å². The van der Waals surface area contributed by atoms with Crippen LogP contribution in [0.2, 0.25) is 0 Å². The third kappa shape index (κ3) is 50.8. The lowest BCUT2D eigenvalue weighted by atomic mass is 10.0. The summed E-state index contributed by atoms with van der Waals surface area (Å²) in [6.07, 6.45) is 35.4. The van der Waals surface area contributed by atoms with Gasteiger partial charge in [0.2, 0.25) is 5.91 Å². The van der Waals surface area contributed by atoms with E-state index >= 15 is 0 Å². The zero-order valence-electron chi connectivity index (χ0n) is 54.2. The van der Waals surface area contributed by atoms with Crippen molar-refractivity contribution in [3.63, 3.8) is 0 Å². The maximum atomic E-state index is 14.4. The molecule has 0 rings (SSSR count). The first-order chi connectivity index (χ1) is 40.5. The van der Waals surface area contributed by atoms with Crippen molar-refractivity contribution in [2.24, 2.45) is 5.92 Å². The molecule has 17 nitrogen and oxygen atoms in total. The van der Waals surface area contributed by atoms with Crippen molar-refractivity contribution in [3.8, 4) is 0 Å². The molecule has 0 saturated carbocycles. The molecule has 18 heteroatoms. The second-order valence-corrected chi connectivity index (χ2v) is 25.3. The van der Waals surface area contributed by atoms with Gasteiger partial charge in [0.25, 0.3) is 0 Å². The second-order valence-electron chi connectivity index (χ2n) is 24.1. The molecule has 0 spiro atoms. The van der Waals surface area contributed by atoms with E-state index in [-0.39, 0.29) is 38.3 Å². The van der Waals surface area contributed by atoms with Crippen molar-refractivity contribution in [1.29, 1.82) is 0 Å². The van der Waals surface area contributed by atoms with Gasteiger partial charge in [-0.25, -0.2) is 4.57 Å². The Bertz CT molecular complexity index is 1590. The number of phosphoric acid groups is 1. The maximum Gasteiger partial charge on any atom is 0.469 e. The minimum Gasteiger partial charge on any atom is -0.463 e. The molecule has 1 amide bonds. The smallest absolute Gasteiger partial charge is 0.463 e. The summed E-state index contributed by atoms with van der Waals surface area (Å²) >= 11 is 0. The number of hydrogen-bond acceptors (Lipinski definition) is 14. The summed E-state index contributed by atoms with van der Waals surface area (Å²) in [4.78, 5) is 74.4. The third-order valence-corrected chi connectivity index (χ3v) is 16.5. The van der Waals surface area contributed by atoms with Gasteiger partial charge in [-0.05, 0) is 52.4 Å². The summed E-state index contributed by atoms with van der Waals surface area (Å²) in [5.41, 5.74) is 0. The van der Waals surface area contributed by atoms with Crippen LogP contribution < -0.4 is 5.32 Å². The summed E-state index contributed by atoms with van der Waals surface area (Å²) in [6.45, 7) is 9.25. The predicted octanol–water partition coefficient (Wildman–Crippen LogP) is 15.3. The van der Waals surface area contributed by atoms with Gasteiger partial charge in [-0.1, -0.05) is 246 Å². The molecule has 0 bridgehead atoms. The van der Waals surface area contributed by atoms with Crippen LogP contribution in [0.4, 0.5) is 0 Å². The van der Waals surface area contributed by atoms with Crippen LogP contribution in [0, 0.1) is 5.92 Å². The van der Waals surface area contributed by atoms with Crippen LogP contribution in [0.5, 0.6) is 0 Å². The molecule has 0 fully saturated rings. The molecule has 0 saturated heterocycles. The van der Waals surface area contributed by atoms with Crippen molar-refractivity contribution in [2.75, 3.05) is 26.4 Å². The zero-order chi connectivity index (χ0) is 62.3. The molecular formula is C66H128NO16P. The monoisotopic (exact) mass is 1220 g/mol. The van der Waals surface area contributed by atoms with Crippen LogP contribution >= 0.6 is 7.82 Å². The molecule has 8 atom stereocenters. The highest BCUT2D eigenvalue weighted by Gasteiger charge is 2.35. The largest absolute Gasteiger partial charge is 0.469 e. The first kappa shape index (κ1) is 81.8. The number of ether oxygens (including phenoxy) is 5. The van der Waals surface area contributed by atoms with E-state index < -0.39 is 94.3 Å². The predicted molar refractivity (Wildman–Crippen MR) is 335 cm³/mol. The Hall–Kier alpha value is -2.21. The third-order valence-electron chi connectivity index (χ3n) is 15.9. The molecule has 498 valence electrons. The molecule has 84 heavy (non-hydrogen) atoms. The van der Waals surface area contributed by atoms with Gasteiger partial charge in [0, 0.05) is 18.8 Å². The Morgan fingerprint density at radius 3 is 1.17 bits per heavy atom. The molecule has 6 N–H and O–H groups in total. The molecule has 2 unspecified atom stereocenters. The SMILES string of the molecule is CCCCCCCCCCCCCC(=O)O[C@H](CCCCCCCCCCC)CC(=O)OC[C@H](NC(=O)C[C@@H](CCCCCCCCCCC)OC(=O)CCCCCCCCCCC)C(OC[C@@H](CO)[C@H](C)O)OC(CO)[C@H](C)OP(=O)(O)O. The molecule has 0 heterocycles. The zero-order valence-corrected chi connectivity index (χ0v) is 55.1. The van der Waals surface area contributed by atoms with Gasteiger partial charge in [-0.15, -0.1) is 0 Å². The van der Waals surface area contributed by atoms with Gasteiger partial charge in [-0.2, -0.15) is 0 Å². The number of hydrogen-bond donors (Lipinski definition) is 6. The maximum absolute atomic E-state index is 14.4. The first-order valence-corrected chi connectivity index (χ1v) is 35.8. The molecule has 0 aromatic carbocycles. The van der Waals surface area contributed by atoms with E-state index in [1.54, 1.807) is 0 Å². The standard InChI is InChI=1S/C66H128NO16P/c1-7-11-15-19-23-27-28-32-36-40-44-48-64(73)81-59(46-42-38-34-30-25-21-17-13-9-3)50-65(74)78-54-60(66(79-53-57(51-68)55(5)70)82-61(52-69)56(6)83-84(75,76)77)67-62(71)49-58(45-41-37-33-29-24-20-16-12-8-2)80-63(72)47-43-39-35-31-26-22-18-14-10-4/h55-61,66,68-70H,7-54H2,1-6H3,(H,67,71)(H2,75,76,77)/t55-,56-,57+,58+,59+,60-,61?,66?/m0/s1. The number of unbranched alkanes of at least 4 members (excludes halogenated alkanes) is 34. The quantitative estimate of drug-likeness (QED) is 0.0109. The molecular weight excluding hydrogens is 1090 g/mol. The van der Waals surface area contributed by atoms with Crippen molar-refractivity contribution in [3.05, 3.63) is 0 Å². The number of amides is 1. The number of esters is 3. The average Bonchev–Trinajstić information content (AvgIpc) is 3.64. The number of aliphatic hydroxyl groups excluding tert-OH is 3. The van der Waals surface area contributed by atoms with E-state index in [4.69, 9.17) is 28.2 Å². The van der Waals surface area contributed by atoms with Crippen LogP contribution in [0.3, 0.4) is 0 Å². The van der Waals surface area contributed by atoms with E-state index in [1.165, 1.54) is 142 Å². The number of aliphatic hydroxyl groups is 3. The fourth-order valence-corrected chi connectivity index (χ4v) is 11.0. The van der Waals surface area contributed by atoms with Crippen LogP contribution in [-0.2, 0) is 52.0 Å². The van der Waals surface area contributed by atoms with Crippen molar-refractivity contribution in [1.82, 2.24) is 5.32 Å². The van der Waals surface area contributed by atoms with E-state index in [0.29, 0.717) is 25.7 Å². The lowest BCUT2D eigenvalue weighted by Crippen LogP contribution is -2.52. The molecule has 0 aromatic rings.